The average Bonchev–Trinajstić information content (AvgIpc) is 3.03. The predicted molar refractivity (Wildman–Crippen MR) is 104 cm³/mol. The summed E-state index contributed by atoms with van der Waals surface area (Å²) < 4.78 is 0. The van der Waals surface area contributed by atoms with E-state index < -0.39 is 0 Å². The molecule has 0 saturated carbocycles. The molecule has 0 saturated heterocycles. The molecule has 0 fully saturated rings. The van der Waals surface area contributed by atoms with Crippen molar-refractivity contribution in [3.8, 4) is 0 Å². The molecule has 0 aliphatic carbocycles. The van der Waals surface area contributed by atoms with E-state index in [0.717, 1.165) is 30.9 Å². The minimum absolute atomic E-state index is 0. The van der Waals surface area contributed by atoms with E-state index in [-0.39, 0.29) is 30.7 Å². The lowest BCUT2D eigenvalue weighted by atomic mass is 10.1. The van der Waals surface area contributed by atoms with Crippen LogP contribution in [0.4, 0.5) is 0 Å². The maximum Gasteiger partial charge on any atom is 0.271 e. The topological polar surface area (TPSA) is 54.0 Å². The summed E-state index contributed by atoms with van der Waals surface area (Å²) in [4.78, 5) is 16.6. The van der Waals surface area contributed by atoms with Gasteiger partial charge in [0.25, 0.3) is 5.91 Å². The van der Waals surface area contributed by atoms with Gasteiger partial charge in [0.2, 0.25) is 0 Å². The van der Waals surface area contributed by atoms with E-state index in [1.807, 2.05) is 23.6 Å². The van der Waals surface area contributed by atoms with E-state index in [2.05, 4.69) is 33.8 Å². The van der Waals surface area contributed by atoms with Crippen LogP contribution in [0.15, 0.2) is 47.4 Å². The highest BCUT2D eigenvalue weighted by molar-refractivity contribution is 7.09. The molecule has 0 radical (unpaired) electrons. The molecule has 0 atom stereocenters. The minimum atomic E-state index is -0.0880. The van der Waals surface area contributed by atoms with Gasteiger partial charge in [0.1, 0.15) is 5.69 Å². The molecule has 1 aromatic carbocycles. The van der Waals surface area contributed by atoms with Crippen molar-refractivity contribution in [2.24, 2.45) is 0 Å². The molecule has 2 aromatic rings. The molecule has 3 rings (SSSR count). The maximum absolute atomic E-state index is 12.1. The van der Waals surface area contributed by atoms with Crippen molar-refractivity contribution in [1.29, 1.82) is 0 Å². The van der Waals surface area contributed by atoms with Crippen molar-refractivity contribution in [1.82, 2.24) is 15.6 Å². The van der Waals surface area contributed by atoms with Crippen LogP contribution < -0.4 is 10.6 Å². The molecule has 1 amide bonds. The molecule has 130 valence electrons. The summed E-state index contributed by atoms with van der Waals surface area (Å²) in [6, 6.07) is 10.2. The van der Waals surface area contributed by atoms with Crippen LogP contribution in [0.25, 0.3) is 0 Å². The van der Waals surface area contributed by atoms with Gasteiger partial charge in [-0.15, -0.1) is 36.2 Å². The molecule has 1 aromatic heterocycles. The molecule has 0 bridgehead atoms. The molecule has 2 N–H and O–H groups in total. The Balaban J connectivity index is 0.00000144. The monoisotopic (exact) mass is 385 g/mol. The van der Waals surface area contributed by atoms with Crippen molar-refractivity contribution < 1.29 is 4.79 Å². The van der Waals surface area contributed by atoms with E-state index in [4.69, 9.17) is 0 Å². The number of hydrogen-bond acceptors (Lipinski definition) is 4. The number of carbonyl (C=O) groups excluding carboxylic acids is 1. The van der Waals surface area contributed by atoms with Gasteiger partial charge >= 0.3 is 0 Å². The minimum Gasteiger partial charge on any atom is -0.347 e. The second-order valence-corrected chi connectivity index (χ2v) is 6.23. The quantitative estimate of drug-likeness (QED) is 0.776. The van der Waals surface area contributed by atoms with E-state index in [9.17, 15) is 4.79 Å². The number of nitrogens with zero attached hydrogens (tertiary/aromatic N) is 1. The molecule has 1 aliphatic rings. The highest BCUT2D eigenvalue weighted by Crippen LogP contribution is 2.15. The smallest absolute Gasteiger partial charge is 0.271 e. The number of hydrogen-bond donors (Lipinski definition) is 2. The normalized spacial score (nSPS) is 13.2. The van der Waals surface area contributed by atoms with Gasteiger partial charge in [-0.1, -0.05) is 42.0 Å². The standard InChI is InChI=1S/C17H19N3OS.2ClH/c21-17(19-11-14-6-8-18-9-7-14)15-12-22-16(20-15)10-13-4-2-1-3-5-13;;/h1-6,12,18H,7-11H2,(H,19,21);2*1H. The summed E-state index contributed by atoms with van der Waals surface area (Å²) in [6.45, 7) is 2.49. The van der Waals surface area contributed by atoms with E-state index >= 15 is 0 Å². The molecular formula is C17H21Cl2N3OS. The van der Waals surface area contributed by atoms with Crippen LogP contribution in [0.1, 0.15) is 27.5 Å². The van der Waals surface area contributed by atoms with E-state index in [1.54, 1.807) is 0 Å². The Morgan fingerprint density at radius 3 is 2.75 bits per heavy atom. The number of nitrogens with one attached hydrogen (secondary N) is 2. The molecule has 0 spiro atoms. The van der Waals surface area contributed by atoms with Crippen LogP contribution in [0, 0.1) is 0 Å². The number of halogens is 2. The van der Waals surface area contributed by atoms with Crippen LogP contribution >= 0.6 is 36.2 Å². The number of carbonyl (C=O) groups is 1. The number of benzene rings is 1. The fraction of sp³-hybridized carbons (Fsp3) is 0.294. The molecule has 7 heteroatoms. The third-order valence-corrected chi connectivity index (χ3v) is 4.47. The third kappa shape index (κ3) is 5.91. The first kappa shape index (κ1) is 20.6. The summed E-state index contributed by atoms with van der Waals surface area (Å²) in [7, 11) is 0. The summed E-state index contributed by atoms with van der Waals surface area (Å²) in [6.07, 6.45) is 3.91. The van der Waals surface area contributed by atoms with Crippen molar-refractivity contribution in [3.05, 3.63) is 63.6 Å². The number of amides is 1. The van der Waals surface area contributed by atoms with Crippen LogP contribution in [-0.4, -0.2) is 30.5 Å². The zero-order valence-electron chi connectivity index (χ0n) is 13.2. The lowest BCUT2D eigenvalue weighted by Gasteiger charge is -2.14. The van der Waals surface area contributed by atoms with E-state index in [1.165, 1.54) is 22.5 Å². The third-order valence-electron chi connectivity index (χ3n) is 3.62. The Hall–Kier alpha value is -1.40. The van der Waals surface area contributed by atoms with Crippen LogP contribution in [-0.2, 0) is 6.42 Å². The summed E-state index contributed by atoms with van der Waals surface area (Å²) in [5.74, 6) is -0.0880. The number of thiazole rings is 1. The van der Waals surface area contributed by atoms with Crippen LogP contribution in [0.2, 0.25) is 0 Å². The molecular weight excluding hydrogens is 365 g/mol. The Bertz CT molecular complexity index is 673. The second kappa shape index (κ2) is 10.5. The Morgan fingerprint density at radius 2 is 2.04 bits per heavy atom. The Labute approximate surface area is 158 Å². The van der Waals surface area contributed by atoms with Crippen molar-refractivity contribution in [2.45, 2.75) is 12.8 Å². The van der Waals surface area contributed by atoms with Gasteiger partial charge < -0.3 is 10.6 Å². The Morgan fingerprint density at radius 1 is 1.25 bits per heavy atom. The summed E-state index contributed by atoms with van der Waals surface area (Å²) in [5.41, 5.74) is 3.01. The lowest BCUT2D eigenvalue weighted by molar-refractivity contribution is 0.0952. The van der Waals surface area contributed by atoms with Crippen molar-refractivity contribution >= 4 is 42.1 Å². The van der Waals surface area contributed by atoms with Gasteiger partial charge in [-0.25, -0.2) is 4.98 Å². The predicted octanol–water partition coefficient (Wildman–Crippen LogP) is 3.23. The summed E-state index contributed by atoms with van der Waals surface area (Å²) >= 11 is 1.54. The molecule has 4 nitrogen and oxygen atoms in total. The SMILES string of the molecule is Cl.Cl.O=C(NCC1=CCNCC1)c1csc(Cc2ccccc2)n1. The Kier molecular flexibility index (Phi) is 9.00. The highest BCUT2D eigenvalue weighted by Gasteiger charge is 2.12. The van der Waals surface area contributed by atoms with Gasteiger partial charge in [0.15, 0.2) is 0 Å². The first-order valence-electron chi connectivity index (χ1n) is 7.46. The van der Waals surface area contributed by atoms with Crippen molar-refractivity contribution in [3.63, 3.8) is 0 Å². The largest absolute Gasteiger partial charge is 0.347 e. The molecule has 2 heterocycles. The fourth-order valence-corrected chi connectivity index (χ4v) is 3.19. The zero-order chi connectivity index (χ0) is 15.2. The summed E-state index contributed by atoms with van der Waals surface area (Å²) in [5, 5.41) is 9.02. The van der Waals surface area contributed by atoms with Gasteiger partial charge in [-0.05, 0) is 18.5 Å². The number of aromatic nitrogens is 1. The fourth-order valence-electron chi connectivity index (χ4n) is 2.38. The van der Waals surface area contributed by atoms with E-state index in [0.29, 0.717) is 12.2 Å². The molecule has 0 unspecified atom stereocenters. The molecule has 24 heavy (non-hydrogen) atoms. The average molecular weight is 386 g/mol. The first-order valence-corrected chi connectivity index (χ1v) is 8.34. The van der Waals surface area contributed by atoms with Crippen LogP contribution in [0.5, 0.6) is 0 Å². The van der Waals surface area contributed by atoms with Gasteiger partial charge in [-0.3, -0.25) is 4.79 Å². The maximum atomic E-state index is 12.1. The first-order chi connectivity index (χ1) is 10.8. The van der Waals surface area contributed by atoms with Gasteiger partial charge in [0.05, 0.1) is 5.01 Å². The van der Waals surface area contributed by atoms with Crippen molar-refractivity contribution in [2.75, 3.05) is 19.6 Å². The van der Waals surface area contributed by atoms with Gasteiger partial charge in [-0.2, -0.15) is 0 Å². The van der Waals surface area contributed by atoms with Crippen LogP contribution in [0.3, 0.4) is 0 Å². The second-order valence-electron chi connectivity index (χ2n) is 5.29. The lowest BCUT2D eigenvalue weighted by Crippen LogP contribution is -2.29. The number of rotatable bonds is 5. The highest BCUT2D eigenvalue weighted by atomic mass is 35.5. The molecule has 1 aliphatic heterocycles. The van der Waals surface area contributed by atoms with Gasteiger partial charge in [0, 0.05) is 24.9 Å². The zero-order valence-corrected chi connectivity index (χ0v) is 15.6.